The van der Waals surface area contributed by atoms with Crippen LogP contribution in [0.1, 0.15) is 64.4 Å². The maximum absolute atomic E-state index is 14.4. The second kappa shape index (κ2) is 16.7. The molecular formula is C41H54N2O13. The second-order valence-corrected chi connectivity index (χ2v) is 15.2. The molecule has 9 unspecified atom stereocenters. The van der Waals surface area contributed by atoms with Crippen LogP contribution in [-0.4, -0.2) is 107 Å². The molecule has 2 aromatic rings. The number of methoxy groups -OCH3 is 1. The number of nitrogens with one attached hydrogen (secondary N) is 1. The number of ketones is 1. The monoisotopic (exact) mass is 782 g/mol. The number of hydrogen-bond acceptors (Lipinski definition) is 14. The molecule has 6 N–H and O–H groups in total. The first kappa shape index (κ1) is 42.3. The van der Waals surface area contributed by atoms with Gasteiger partial charge in [0.25, 0.3) is 11.7 Å². The van der Waals surface area contributed by atoms with Gasteiger partial charge in [-0.25, -0.2) is 0 Å². The molecule has 0 aromatic heterocycles. The summed E-state index contributed by atoms with van der Waals surface area (Å²) in [5, 5.41) is 60.5. The number of aromatic hydroxyl groups is 3. The Kier molecular flexibility index (Phi) is 12.6. The van der Waals surface area contributed by atoms with Crippen LogP contribution in [0.3, 0.4) is 0 Å². The number of nitrogens with zero attached hydrogens (tertiary/aromatic N) is 1. The van der Waals surface area contributed by atoms with Gasteiger partial charge < -0.3 is 59.4 Å². The number of aliphatic hydroxyl groups excluding tert-OH is 2. The van der Waals surface area contributed by atoms with Crippen molar-refractivity contribution < 1.29 is 63.6 Å². The average molecular weight is 783 g/mol. The highest BCUT2D eigenvalue weighted by atomic mass is 16.7. The Morgan fingerprint density at radius 1 is 0.929 bits per heavy atom. The predicted molar refractivity (Wildman–Crippen MR) is 207 cm³/mol. The number of carbonyl (C=O) groups is 3. The first-order valence-corrected chi connectivity index (χ1v) is 18.8. The van der Waals surface area contributed by atoms with Gasteiger partial charge in [0.2, 0.25) is 0 Å². The van der Waals surface area contributed by atoms with Crippen molar-refractivity contribution >= 4 is 39.8 Å². The van der Waals surface area contributed by atoms with Gasteiger partial charge in [0, 0.05) is 74.2 Å². The van der Waals surface area contributed by atoms with Crippen LogP contribution >= 0.6 is 0 Å². The van der Waals surface area contributed by atoms with Crippen molar-refractivity contribution in [3.63, 3.8) is 0 Å². The van der Waals surface area contributed by atoms with Crippen molar-refractivity contribution in [2.75, 3.05) is 43.6 Å². The summed E-state index contributed by atoms with van der Waals surface area (Å²) in [6.07, 6.45) is 3.63. The number of carbonyl (C=O) groups excluding carboxylic acids is 3. The standard InChI is InChI=1S/C41H54N2O13/c1-19-11-10-12-20(2)40(51)42-30-31(43-14-17-53-18-15-43)36(49)27-28(35(30)48)34(47)24(6)38-29(27)39(50)41(8,56-38)54-16-13-26(52-9)21(3)37(55-25(7)44)23(5)33(46)22(4)32(19)45/h10-13,16,19,21-23,26,32-33,37,45-49H,14-15,17-18H2,1-9H3,(H,42,51)/b11-10+,16-13+,20-12+. The molecule has 1 amide bonds. The zero-order valence-corrected chi connectivity index (χ0v) is 33.3. The van der Waals surface area contributed by atoms with E-state index < -0.39 is 88.8 Å². The first-order valence-electron chi connectivity index (χ1n) is 18.8. The minimum Gasteiger partial charge on any atom is -0.507 e. The molecule has 15 heteroatoms. The highest BCUT2D eigenvalue weighted by Crippen LogP contribution is 2.57. The van der Waals surface area contributed by atoms with Crippen LogP contribution in [0, 0.1) is 30.6 Å². The fourth-order valence-electron chi connectivity index (χ4n) is 7.80. The molecule has 2 aromatic carbocycles. The van der Waals surface area contributed by atoms with Crippen LogP contribution in [0.5, 0.6) is 23.0 Å². The Labute approximate surface area is 326 Å². The Bertz CT molecular complexity index is 1950. The summed E-state index contributed by atoms with van der Waals surface area (Å²) in [7, 11) is 1.44. The fourth-order valence-corrected chi connectivity index (χ4v) is 7.80. The number of morpholine rings is 1. The molecule has 0 saturated carbocycles. The summed E-state index contributed by atoms with van der Waals surface area (Å²) in [6.45, 7) is 13.6. The third-order valence-corrected chi connectivity index (χ3v) is 11.3. The second-order valence-electron chi connectivity index (χ2n) is 15.2. The molecule has 0 aliphatic carbocycles. The Morgan fingerprint density at radius 2 is 1.59 bits per heavy atom. The summed E-state index contributed by atoms with van der Waals surface area (Å²) in [5.41, 5.74) is -0.0724. The maximum atomic E-state index is 14.4. The van der Waals surface area contributed by atoms with Crippen molar-refractivity contribution in [1.82, 2.24) is 0 Å². The molecule has 4 heterocycles. The predicted octanol–water partition coefficient (Wildman–Crippen LogP) is 4.59. The molecule has 306 valence electrons. The number of anilines is 2. The van der Waals surface area contributed by atoms with Crippen molar-refractivity contribution in [2.24, 2.45) is 23.7 Å². The van der Waals surface area contributed by atoms with Crippen molar-refractivity contribution in [2.45, 2.75) is 85.6 Å². The van der Waals surface area contributed by atoms with E-state index in [2.05, 4.69) is 5.32 Å². The fraction of sp³-hybridized carbons (Fsp3) is 0.537. The van der Waals surface area contributed by atoms with Crippen molar-refractivity contribution in [1.29, 1.82) is 0 Å². The van der Waals surface area contributed by atoms with Gasteiger partial charge in [0.1, 0.15) is 34.7 Å². The van der Waals surface area contributed by atoms with Crippen LogP contribution in [0.25, 0.3) is 10.8 Å². The van der Waals surface area contributed by atoms with Gasteiger partial charge in [-0.3, -0.25) is 14.4 Å². The van der Waals surface area contributed by atoms with Crippen molar-refractivity contribution in [3.8, 4) is 23.0 Å². The van der Waals surface area contributed by atoms with Gasteiger partial charge in [-0.1, -0.05) is 45.9 Å². The van der Waals surface area contributed by atoms with Crippen LogP contribution in [0.15, 0.2) is 36.1 Å². The van der Waals surface area contributed by atoms with E-state index in [0.717, 1.165) is 0 Å². The van der Waals surface area contributed by atoms with Gasteiger partial charge in [-0.15, -0.1) is 0 Å². The van der Waals surface area contributed by atoms with E-state index in [4.69, 9.17) is 23.7 Å². The smallest absolute Gasteiger partial charge is 0.312 e. The molecular weight excluding hydrogens is 728 g/mol. The molecule has 4 aliphatic rings. The summed E-state index contributed by atoms with van der Waals surface area (Å²) < 4.78 is 29.1. The molecule has 5 bridgehead atoms. The minimum absolute atomic E-state index is 0.00916. The average Bonchev–Trinajstić information content (AvgIpc) is 3.43. The lowest BCUT2D eigenvalue weighted by Crippen LogP contribution is -2.46. The Balaban J connectivity index is 1.71. The highest BCUT2D eigenvalue weighted by Gasteiger charge is 2.50. The lowest BCUT2D eigenvalue weighted by Gasteiger charge is -2.38. The summed E-state index contributed by atoms with van der Waals surface area (Å²) in [4.78, 5) is 42.1. The van der Waals surface area contributed by atoms with Crippen LogP contribution < -0.4 is 15.0 Å². The van der Waals surface area contributed by atoms with Crippen LogP contribution in [0.2, 0.25) is 0 Å². The third-order valence-electron chi connectivity index (χ3n) is 11.3. The first-order chi connectivity index (χ1) is 26.4. The number of phenols is 3. The summed E-state index contributed by atoms with van der Waals surface area (Å²) in [6, 6.07) is 0. The largest absolute Gasteiger partial charge is 0.507 e. The molecule has 1 fully saturated rings. The SMILES string of the molecule is COC1/C=C/OC2(C)Oc3c(C)c(O)c4c(O)c(c(N5CCOCC5)c(O)c4c3C2=O)NC(=O)/C(C)=C/C=C/C(C)C(O)C(C)C(O)C(C)C(OC(C)=O)C1C. The minimum atomic E-state index is -2.02. The number of allylic oxidation sites excluding steroid dienone is 2. The lowest BCUT2D eigenvalue weighted by molar-refractivity contribution is -0.160. The Hall–Kier alpha value is -4.83. The summed E-state index contributed by atoms with van der Waals surface area (Å²) >= 11 is 0. The van der Waals surface area contributed by atoms with E-state index in [1.807, 2.05) is 0 Å². The molecule has 1 saturated heterocycles. The van der Waals surface area contributed by atoms with E-state index in [9.17, 15) is 39.9 Å². The molecule has 15 nitrogen and oxygen atoms in total. The molecule has 0 spiro atoms. The van der Waals surface area contributed by atoms with E-state index >= 15 is 0 Å². The topological polar surface area (TPSA) is 214 Å². The van der Waals surface area contributed by atoms with Crippen LogP contribution in [0.4, 0.5) is 11.4 Å². The lowest BCUT2D eigenvalue weighted by atomic mass is 9.78. The number of ether oxygens (including phenoxy) is 5. The molecule has 0 radical (unpaired) electrons. The maximum Gasteiger partial charge on any atom is 0.312 e. The van der Waals surface area contributed by atoms with E-state index in [1.165, 1.54) is 53.2 Å². The van der Waals surface area contributed by atoms with E-state index in [-0.39, 0.29) is 70.9 Å². The zero-order valence-electron chi connectivity index (χ0n) is 33.3. The molecule has 9 atom stereocenters. The van der Waals surface area contributed by atoms with Gasteiger partial charge in [-0.2, -0.15) is 0 Å². The zero-order chi connectivity index (χ0) is 41.4. The molecule has 6 rings (SSSR count). The van der Waals surface area contributed by atoms with Gasteiger partial charge in [0.05, 0.1) is 48.7 Å². The third kappa shape index (κ3) is 7.77. The molecule has 56 heavy (non-hydrogen) atoms. The van der Waals surface area contributed by atoms with Gasteiger partial charge in [0.15, 0.2) is 5.75 Å². The number of fused-ring (bicyclic) bond motifs is 14. The summed E-state index contributed by atoms with van der Waals surface area (Å²) in [5.74, 6) is -8.09. The number of amides is 1. The number of benzene rings is 2. The number of esters is 1. The van der Waals surface area contributed by atoms with E-state index in [0.29, 0.717) is 0 Å². The normalized spacial score (nSPS) is 32.6. The quantitative estimate of drug-likeness (QED) is 0.143. The van der Waals surface area contributed by atoms with Crippen LogP contribution in [-0.2, 0) is 28.5 Å². The number of rotatable bonds is 3. The number of Topliss-reactive ketones (excluding diaryl/α,β-unsaturated/α-hetero) is 1. The number of phenolic OH excluding ortho intramolecular Hbond substituents is 3. The van der Waals surface area contributed by atoms with E-state index in [1.54, 1.807) is 44.7 Å². The number of hydrogen-bond donors (Lipinski definition) is 6. The highest BCUT2D eigenvalue weighted by molar-refractivity contribution is 6.23. The number of aliphatic hydroxyl groups is 2. The van der Waals surface area contributed by atoms with Gasteiger partial charge in [-0.05, 0) is 19.9 Å². The van der Waals surface area contributed by atoms with Crippen molar-refractivity contribution in [3.05, 3.63) is 47.3 Å². The molecule has 4 aliphatic heterocycles. The Morgan fingerprint density at radius 3 is 2.21 bits per heavy atom. The van der Waals surface area contributed by atoms with Gasteiger partial charge >= 0.3 is 11.8 Å².